The molecule has 2 N–H and O–H groups in total. The number of hydrogen-bond acceptors (Lipinski definition) is 6. The first kappa shape index (κ1) is 49.5. The highest BCUT2D eigenvalue weighted by Gasteiger charge is 2.24. The second kappa shape index (κ2) is 34.3. The summed E-state index contributed by atoms with van der Waals surface area (Å²) >= 11 is 0. The van der Waals surface area contributed by atoms with E-state index in [4.69, 9.17) is 9.05 Å². The summed E-state index contributed by atoms with van der Waals surface area (Å²) in [6.07, 6.45) is 37.2. The summed E-state index contributed by atoms with van der Waals surface area (Å²) < 4.78 is 22.8. The average molecular weight is 733 g/mol. The Labute approximate surface area is 310 Å². The minimum absolute atomic E-state index is 0.0132. The lowest BCUT2D eigenvalue weighted by molar-refractivity contribution is -0.870. The maximum absolute atomic E-state index is 12.2. The minimum atomic E-state index is -4.53. The van der Waals surface area contributed by atoms with Gasteiger partial charge in [-0.15, -0.1) is 0 Å². The Kier molecular flexibility index (Phi) is 33.9. The third-order valence-corrected chi connectivity index (χ3v) is 10.8. The molecule has 3 atom stereocenters. The molecule has 1 amide bonds. The van der Waals surface area contributed by atoms with Gasteiger partial charge in [-0.25, -0.2) is 0 Å². The molecular formula is C41H85N2O6P. The van der Waals surface area contributed by atoms with Gasteiger partial charge >= 0.3 is 0 Å². The highest BCUT2D eigenvalue weighted by atomic mass is 31.2. The molecule has 0 aliphatic rings. The molecule has 3 unspecified atom stereocenters. The third kappa shape index (κ3) is 35.9. The number of nitrogens with one attached hydrogen (secondary N) is 1. The predicted octanol–water partition coefficient (Wildman–Crippen LogP) is 10.8. The van der Waals surface area contributed by atoms with Crippen molar-refractivity contribution >= 4 is 13.7 Å². The van der Waals surface area contributed by atoms with Gasteiger partial charge in [0.2, 0.25) is 5.91 Å². The number of carbonyl (C=O) groups is 1. The van der Waals surface area contributed by atoms with E-state index in [1.807, 2.05) is 28.1 Å². The predicted molar refractivity (Wildman–Crippen MR) is 210 cm³/mol. The molecule has 0 radical (unpaired) electrons. The number of quaternary nitrogens is 1. The molecule has 0 spiro atoms. The number of hydrogen-bond donors (Lipinski definition) is 2. The molecule has 9 heteroatoms. The van der Waals surface area contributed by atoms with Gasteiger partial charge in [0.05, 0.1) is 39.9 Å². The summed E-state index contributed by atoms with van der Waals surface area (Å²) in [5.74, 6) is -0.216. The van der Waals surface area contributed by atoms with Crippen LogP contribution in [0.2, 0.25) is 0 Å². The molecule has 0 heterocycles. The monoisotopic (exact) mass is 733 g/mol. The summed E-state index contributed by atoms with van der Waals surface area (Å²) in [5, 5.41) is 13.5. The molecule has 8 nitrogen and oxygen atoms in total. The number of likely N-dealkylation sites (N-methyl/N-ethyl adjacent to an activating group) is 1. The van der Waals surface area contributed by atoms with Gasteiger partial charge in [-0.05, 0) is 12.8 Å². The van der Waals surface area contributed by atoms with Crippen molar-refractivity contribution in [1.29, 1.82) is 0 Å². The van der Waals surface area contributed by atoms with Crippen LogP contribution < -0.4 is 10.2 Å². The van der Waals surface area contributed by atoms with Crippen LogP contribution in [0.25, 0.3) is 0 Å². The number of rotatable bonds is 39. The Morgan fingerprint density at radius 3 is 1.32 bits per heavy atom. The van der Waals surface area contributed by atoms with Crippen molar-refractivity contribution in [3.63, 3.8) is 0 Å². The lowest BCUT2D eigenvalue weighted by Crippen LogP contribution is -2.46. The molecule has 0 aromatic rings. The Bertz CT molecular complexity index is 794. The van der Waals surface area contributed by atoms with E-state index in [1.165, 1.54) is 154 Å². The smallest absolute Gasteiger partial charge is 0.268 e. The van der Waals surface area contributed by atoms with E-state index in [2.05, 4.69) is 12.2 Å². The number of carbonyl (C=O) groups excluding carboxylic acids is 1. The number of unbranched alkanes of at least 4 members (excludes halogenated alkanes) is 26. The summed E-state index contributed by atoms with van der Waals surface area (Å²) in [6, 6.07) is -0.789. The van der Waals surface area contributed by atoms with E-state index in [1.54, 1.807) is 0 Å². The normalized spacial score (nSPS) is 14.5. The molecule has 0 rings (SSSR count). The van der Waals surface area contributed by atoms with Crippen molar-refractivity contribution in [3.8, 4) is 0 Å². The SMILES string of the molecule is CCCCCCCCCCCCCCCCCCCCCCCCCCCCCC(O)C(COP(=O)([O-])OCC[N+](C)(C)C)NC(=O)CCC. The van der Waals surface area contributed by atoms with Gasteiger partial charge < -0.3 is 28.8 Å². The molecule has 0 aliphatic heterocycles. The van der Waals surface area contributed by atoms with Crippen molar-refractivity contribution in [3.05, 3.63) is 0 Å². The summed E-state index contributed by atoms with van der Waals surface area (Å²) in [4.78, 5) is 24.4. The highest BCUT2D eigenvalue weighted by molar-refractivity contribution is 7.45. The second-order valence-corrected chi connectivity index (χ2v) is 17.5. The van der Waals surface area contributed by atoms with Crippen molar-refractivity contribution < 1.29 is 32.9 Å². The van der Waals surface area contributed by atoms with E-state index in [0.29, 0.717) is 30.3 Å². The average Bonchev–Trinajstić information content (AvgIpc) is 3.05. The Morgan fingerprint density at radius 2 is 0.980 bits per heavy atom. The van der Waals surface area contributed by atoms with Crippen molar-refractivity contribution in [2.45, 2.75) is 219 Å². The molecule has 0 aromatic carbocycles. The molecule has 300 valence electrons. The van der Waals surface area contributed by atoms with Crippen molar-refractivity contribution in [2.24, 2.45) is 0 Å². The fraction of sp³-hybridized carbons (Fsp3) is 0.976. The largest absolute Gasteiger partial charge is 0.756 e. The molecular weight excluding hydrogens is 647 g/mol. The van der Waals surface area contributed by atoms with Gasteiger partial charge in [0, 0.05) is 6.42 Å². The van der Waals surface area contributed by atoms with Crippen LogP contribution in [0.15, 0.2) is 0 Å². The van der Waals surface area contributed by atoms with Crippen LogP contribution in [0.4, 0.5) is 0 Å². The molecule has 0 fully saturated rings. The number of phosphoric acid groups is 1. The summed E-state index contributed by atoms with van der Waals surface area (Å²) in [5.41, 5.74) is 0. The number of aliphatic hydroxyl groups excluding tert-OH is 1. The maximum Gasteiger partial charge on any atom is 0.268 e. The lowest BCUT2D eigenvalue weighted by Gasteiger charge is -2.30. The van der Waals surface area contributed by atoms with Crippen LogP contribution in [0.3, 0.4) is 0 Å². The van der Waals surface area contributed by atoms with Crippen LogP contribution in [-0.4, -0.2) is 68.5 Å². The molecule has 0 saturated heterocycles. The fourth-order valence-corrected chi connectivity index (χ4v) is 7.16. The van der Waals surface area contributed by atoms with E-state index < -0.39 is 20.0 Å². The molecule has 0 saturated carbocycles. The first-order chi connectivity index (χ1) is 24.0. The topological polar surface area (TPSA) is 108 Å². The fourth-order valence-electron chi connectivity index (χ4n) is 6.44. The number of nitrogens with zero attached hydrogens (tertiary/aromatic N) is 1. The number of amides is 1. The van der Waals surface area contributed by atoms with Gasteiger partial charge in [0.1, 0.15) is 13.2 Å². The lowest BCUT2D eigenvalue weighted by atomic mass is 10.0. The molecule has 50 heavy (non-hydrogen) atoms. The van der Waals surface area contributed by atoms with Crippen LogP contribution in [0.5, 0.6) is 0 Å². The van der Waals surface area contributed by atoms with Crippen LogP contribution >= 0.6 is 7.82 Å². The first-order valence-electron chi connectivity index (χ1n) is 21.4. The number of phosphoric ester groups is 1. The van der Waals surface area contributed by atoms with E-state index in [9.17, 15) is 19.4 Å². The minimum Gasteiger partial charge on any atom is -0.756 e. The zero-order chi connectivity index (χ0) is 37.2. The van der Waals surface area contributed by atoms with Gasteiger partial charge in [-0.3, -0.25) is 9.36 Å². The van der Waals surface area contributed by atoms with Crippen LogP contribution in [-0.2, 0) is 18.4 Å². The Morgan fingerprint density at radius 1 is 0.620 bits per heavy atom. The van der Waals surface area contributed by atoms with E-state index in [-0.39, 0.29) is 19.1 Å². The number of aliphatic hydroxyl groups is 1. The standard InChI is InChI=1S/C41H85N2O6P/c1-6-8-9-10-11-12-13-14-15-16-17-18-19-20-21-22-23-24-25-26-27-28-29-30-31-32-33-35-40(44)39(42-41(45)34-7-2)38-49-50(46,47)48-37-36-43(3,4)5/h39-40,44H,6-38H2,1-5H3,(H-,42,45,46,47). The highest BCUT2D eigenvalue weighted by Crippen LogP contribution is 2.38. The Balaban J connectivity index is 3.72. The summed E-state index contributed by atoms with van der Waals surface area (Å²) in [7, 11) is 1.31. The zero-order valence-corrected chi connectivity index (χ0v) is 34.8. The summed E-state index contributed by atoms with van der Waals surface area (Å²) in [6.45, 7) is 4.38. The quantitative estimate of drug-likeness (QED) is 0.0370. The van der Waals surface area contributed by atoms with Gasteiger partial charge in [-0.2, -0.15) is 0 Å². The second-order valence-electron chi connectivity index (χ2n) is 16.1. The van der Waals surface area contributed by atoms with Crippen molar-refractivity contribution in [1.82, 2.24) is 5.32 Å². The van der Waals surface area contributed by atoms with Gasteiger partial charge in [-0.1, -0.05) is 187 Å². The van der Waals surface area contributed by atoms with Crippen molar-refractivity contribution in [2.75, 3.05) is 40.9 Å². The van der Waals surface area contributed by atoms with E-state index in [0.717, 1.165) is 19.3 Å². The maximum atomic E-state index is 12.2. The molecule has 0 aliphatic carbocycles. The van der Waals surface area contributed by atoms with Crippen LogP contribution in [0.1, 0.15) is 206 Å². The molecule has 0 aromatic heterocycles. The van der Waals surface area contributed by atoms with Crippen LogP contribution in [0, 0.1) is 0 Å². The first-order valence-corrected chi connectivity index (χ1v) is 22.8. The van der Waals surface area contributed by atoms with E-state index >= 15 is 0 Å². The molecule has 0 bridgehead atoms. The third-order valence-electron chi connectivity index (χ3n) is 9.82. The van der Waals surface area contributed by atoms with Gasteiger partial charge in [0.15, 0.2) is 0 Å². The van der Waals surface area contributed by atoms with Gasteiger partial charge in [0.25, 0.3) is 7.82 Å². The Hall–Kier alpha value is -0.500. The zero-order valence-electron chi connectivity index (χ0n) is 33.9.